The van der Waals surface area contributed by atoms with Crippen LogP contribution in [0.2, 0.25) is 0 Å². The Morgan fingerprint density at radius 1 is 1.00 bits per heavy atom. The lowest BCUT2D eigenvalue weighted by molar-refractivity contribution is -0.126. The van der Waals surface area contributed by atoms with Crippen LogP contribution in [-0.4, -0.2) is 46.3 Å². The Morgan fingerprint density at radius 2 is 1.71 bits per heavy atom. The highest BCUT2D eigenvalue weighted by molar-refractivity contribution is 6.01. The normalized spacial score (nSPS) is 16.4. The molecule has 1 fully saturated rings. The minimum Gasteiger partial charge on any atom is -0.497 e. The number of anilines is 1. The highest BCUT2D eigenvalue weighted by Crippen LogP contribution is 2.36. The predicted octanol–water partition coefficient (Wildman–Crippen LogP) is 3.98. The SMILES string of the molecule is COc1ccc(OC)c(N2CC(C(=O)NC(C)c3ccc(OCC(C)C)c(OC)c3)CC2=O)c1. The van der Waals surface area contributed by atoms with Crippen molar-refractivity contribution in [3.05, 3.63) is 42.0 Å². The van der Waals surface area contributed by atoms with Gasteiger partial charge in [-0.05, 0) is 42.7 Å². The van der Waals surface area contributed by atoms with Gasteiger partial charge in [0, 0.05) is 19.0 Å². The van der Waals surface area contributed by atoms with E-state index in [-0.39, 0.29) is 30.8 Å². The summed E-state index contributed by atoms with van der Waals surface area (Å²) in [7, 11) is 4.70. The number of nitrogens with one attached hydrogen (secondary N) is 1. The van der Waals surface area contributed by atoms with Crippen molar-refractivity contribution in [3.8, 4) is 23.0 Å². The summed E-state index contributed by atoms with van der Waals surface area (Å²) >= 11 is 0. The van der Waals surface area contributed by atoms with Crippen LogP contribution >= 0.6 is 0 Å². The van der Waals surface area contributed by atoms with Crippen LogP contribution in [-0.2, 0) is 9.59 Å². The van der Waals surface area contributed by atoms with Gasteiger partial charge in [-0.15, -0.1) is 0 Å². The molecule has 1 aliphatic rings. The van der Waals surface area contributed by atoms with Gasteiger partial charge in [0.25, 0.3) is 0 Å². The van der Waals surface area contributed by atoms with Crippen LogP contribution in [0, 0.1) is 11.8 Å². The second-order valence-electron chi connectivity index (χ2n) is 8.79. The lowest BCUT2D eigenvalue weighted by Crippen LogP contribution is -2.34. The summed E-state index contributed by atoms with van der Waals surface area (Å²) in [6, 6.07) is 10.6. The fourth-order valence-electron chi connectivity index (χ4n) is 3.87. The van der Waals surface area contributed by atoms with Gasteiger partial charge in [0.2, 0.25) is 11.8 Å². The molecule has 0 aliphatic carbocycles. The van der Waals surface area contributed by atoms with Gasteiger partial charge >= 0.3 is 0 Å². The first-order chi connectivity index (χ1) is 16.3. The van der Waals surface area contributed by atoms with E-state index in [1.54, 1.807) is 44.4 Å². The Hall–Kier alpha value is -3.42. The minimum atomic E-state index is -0.471. The van der Waals surface area contributed by atoms with Gasteiger partial charge in [0.1, 0.15) is 11.5 Å². The average molecular weight is 471 g/mol. The van der Waals surface area contributed by atoms with Crippen LogP contribution in [0.1, 0.15) is 38.8 Å². The van der Waals surface area contributed by atoms with Crippen molar-refractivity contribution in [1.82, 2.24) is 5.32 Å². The van der Waals surface area contributed by atoms with Gasteiger partial charge < -0.3 is 29.2 Å². The topological polar surface area (TPSA) is 86.3 Å². The Kier molecular flexibility index (Phi) is 8.26. The van der Waals surface area contributed by atoms with Crippen LogP contribution in [0.25, 0.3) is 0 Å². The molecule has 1 N–H and O–H groups in total. The number of ether oxygens (including phenoxy) is 4. The monoisotopic (exact) mass is 470 g/mol. The van der Waals surface area contributed by atoms with E-state index in [9.17, 15) is 9.59 Å². The van der Waals surface area contributed by atoms with Gasteiger partial charge in [-0.2, -0.15) is 0 Å². The number of rotatable bonds is 10. The molecule has 2 aromatic rings. The molecule has 8 nitrogen and oxygen atoms in total. The summed E-state index contributed by atoms with van der Waals surface area (Å²) in [5.41, 5.74) is 1.48. The second-order valence-corrected chi connectivity index (χ2v) is 8.79. The molecule has 8 heteroatoms. The first-order valence-corrected chi connectivity index (χ1v) is 11.4. The molecule has 2 amide bonds. The van der Waals surface area contributed by atoms with Crippen molar-refractivity contribution < 1.29 is 28.5 Å². The first-order valence-electron chi connectivity index (χ1n) is 11.4. The van der Waals surface area contributed by atoms with Crippen molar-refractivity contribution in [2.75, 3.05) is 39.4 Å². The van der Waals surface area contributed by atoms with Gasteiger partial charge in [-0.1, -0.05) is 19.9 Å². The third-order valence-electron chi connectivity index (χ3n) is 5.79. The Balaban J connectivity index is 1.69. The van der Waals surface area contributed by atoms with E-state index in [0.717, 1.165) is 5.56 Å². The third-order valence-corrected chi connectivity index (χ3v) is 5.79. The molecule has 0 radical (unpaired) electrons. The molecule has 184 valence electrons. The van der Waals surface area contributed by atoms with Crippen LogP contribution in [0.5, 0.6) is 23.0 Å². The summed E-state index contributed by atoms with van der Waals surface area (Å²) in [5, 5.41) is 3.03. The maximum Gasteiger partial charge on any atom is 0.227 e. The summed E-state index contributed by atoms with van der Waals surface area (Å²) in [6.07, 6.45) is 0.129. The van der Waals surface area contributed by atoms with E-state index in [1.807, 2.05) is 25.1 Å². The predicted molar refractivity (Wildman–Crippen MR) is 130 cm³/mol. The quantitative estimate of drug-likeness (QED) is 0.565. The van der Waals surface area contributed by atoms with E-state index in [4.69, 9.17) is 18.9 Å². The number of carbonyl (C=O) groups excluding carboxylic acids is 2. The Labute approximate surface area is 201 Å². The highest BCUT2D eigenvalue weighted by atomic mass is 16.5. The van der Waals surface area contributed by atoms with E-state index >= 15 is 0 Å². The zero-order chi connectivity index (χ0) is 24.8. The number of hydrogen-bond donors (Lipinski definition) is 1. The fraction of sp³-hybridized carbons (Fsp3) is 0.462. The average Bonchev–Trinajstić information content (AvgIpc) is 3.23. The van der Waals surface area contributed by atoms with E-state index in [1.165, 1.54) is 0 Å². The maximum absolute atomic E-state index is 13.0. The molecule has 0 saturated carbocycles. The molecule has 0 spiro atoms. The highest BCUT2D eigenvalue weighted by Gasteiger charge is 2.37. The van der Waals surface area contributed by atoms with E-state index < -0.39 is 5.92 Å². The van der Waals surface area contributed by atoms with Gasteiger partial charge in [0.05, 0.1) is 45.6 Å². The van der Waals surface area contributed by atoms with Crippen LogP contribution < -0.4 is 29.2 Å². The largest absolute Gasteiger partial charge is 0.497 e. The van der Waals surface area contributed by atoms with Crippen molar-refractivity contribution in [2.45, 2.75) is 33.2 Å². The molecular formula is C26H34N2O6. The molecule has 2 unspecified atom stereocenters. The summed E-state index contributed by atoms with van der Waals surface area (Å²) in [6.45, 7) is 6.93. The summed E-state index contributed by atoms with van der Waals surface area (Å²) < 4.78 is 22.0. The number of nitrogens with zero attached hydrogens (tertiary/aromatic N) is 1. The standard InChI is InChI=1S/C26H34N2O6/c1-16(2)15-34-23-9-7-18(11-24(23)33-6)17(3)27-26(30)19-12-25(29)28(14-19)21-13-20(31-4)8-10-22(21)32-5/h7-11,13,16-17,19H,12,14-15H2,1-6H3,(H,27,30). The lowest BCUT2D eigenvalue weighted by Gasteiger charge is -2.21. The fourth-order valence-corrected chi connectivity index (χ4v) is 3.87. The molecular weight excluding hydrogens is 436 g/mol. The van der Waals surface area contributed by atoms with Crippen LogP contribution in [0.3, 0.4) is 0 Å². The number of methoxy groups -OCH3 is 3. The van der Waals surface area contributed by atoms with Crippen molar-refractivity contribution in [3.63, 3.8) is 0 Å². The number of carbonyl (C=O) groups is 2. The molecule has 1 saturated heterocycles. The van der Waals surface area contributed by atoms with Crippen molar-refractivity contribution in [2.24, 2.45) is 11.8 Å². The number of amides is 2. The second kappa shape index (κ2) is 11.1. The molecule has 1 aliphatic heterocycles. The molecule has 2 atom stereocenters. The molecule has 34 heavy (non-hydrogen) atoms. The van der Waals surface area contributed by atoms with Crippen molar-refractivity contribution in [1.29, 1.82) is 0 Å². The minimum absolute atomic E-state index is 0.129. The Bertz CT molecular complexity index is 1020. The zero-order valence-corrected chi connectivity index (χ0v) is 20.7. The van der Waals surface area contributed by atoms with Gasteiger partial charge in [-0.25, -0.2) is 0 Å². The summed E-state index contributed by atoms with van der Waals surface area (Å²) in [4.78, 5) is 27.4. The molecule has 0 bridgehead atoms. The summed E-state index contributed by atoms with van der Waals surface area (Å²) in [5.74, 6) is 2.07. The Morgan fingerprint density at radius 3 is 2.35 bits per heavy atom. The van der Waals surface area contributed by atoms with Crippen LogP contribution in [0.4, 0.5) is 5.69 Å². The first kappa shape index (κ1) is 25.2. The molecule has 2 aromatic carbocycles. The number of hydrogen-bond acceptors (Lipinski definition) is 6. The zero-order valence-electron chi connectivity index (χ0n) is 20.7. The van der Waals surface area contributed by atoms with E-state index in [2.05, 4.69) is 19.2 Å². The van der Waals surface area contributed by atoms with Crippen molar-refractivity contribution >= 4 is 17.5 Å². The van der Waals surface area contributed by atoms with Gasteiger partial charge in [-0.3, -0.25) is 9.59 Å². The molecule has 3 rings (SSSR count). The number of benzene rings is 2. The molecule has 0 aromatic heterocycles. The third kappa shape index (κ3) is 5.73. The molecule has 1 heterocycles. The van der Waals surface area contributed by atoms with E-state index in [0.29, 0.717) is 41.2 Å². The lowest BCUT2D eigenvalue weighted by atomic mass is 10.0. The van der Waals surface area contributed by atoms with Crippen LogP contribution in [0.15, 0.2) is 36.4 Å². The maximum atomic E-state index is 13.0. The smallest absolute Gasteiger partial charge is 0.227 e. The van der Waals surface area contributed by atoms with Gasteiger partial charge in [0.15, 0.2) is 11.5 Å².